The Balaban J connectivity index is 0.000000550. The van der Waals surface area contributed by atoms with Crippen LogP contribution >= 0.6 is 0 Å². The van der Waals surface area contributed by atoms with Crippen LogP contribution in [0.4, 0.5) is 0 Å². The predicted octanol–water partition coefficient (Wildman–Crippen LogP) is 9.60. The van der Waals surface area contributed by atoms with E-state index in [4.69, 9.17) is 0 Å². The van der Waals surface area contributed by atoms with Crippen LogP contribution in [-0.4, -0.2) is 0 Å². The Morgan fingerprint density at radius 2 is 1.16 bits per heavy atom. The van der Waals surface area contributed by atoms with E-state index in [1.54, 1.807) is 0 Å². The summed E-state index contributed by atoms with van der Waals surface area (Å²) in [5.74, 6) is 1.05. The summed E-state index contributed by atoms with van der Waals surface area (Å²) in [6.07, 6.45) is 1.25. The van der Waals surface area contributed by atoms with Crippen LogP contribution in [0.25, 0.3) is 21.9 Å². The summed E-state index contributed by atoms with van der Waals surface area (Å²) in [4.78, 5) is 0. The third-order valence-corrected chi connectivity index (χ3v) is 7.28. The van der Waals surface area contributed by atoms with Crippen molar-refractivity contribution in [2.24, 2.45) is 5.92 Å². The highest BCUT2D eigenvalue weighted by molar-refractivity contribution is 6.04. The minimum absolute atomic E-state index is 0. The SMILES string of the molecule is C.C.CCC.C[C@@H]1c2ccccc2C2(c3ccccc3-c3cccc4cccc2c34)[C@@H]1C. The van der Waals surface area contributed by atoms with Crippen molar-refractivity contribution in [2.45, 2.75) is 60.3 Å². The quantitative estimate of drug-likeness (QED) is 0.264. The molecule has 2 aliphatic rings. The fraction of sp³-hybridized carbons (Fsp3) is 0.312. The minimum Gasteiger partial charge on any atom is -0.0776 e. The number of hydrogen-bond donors (Lipinski definition) is 0. The molecule has 1 unspecified atom stereocenters. The van der Waals surface area contributed by atoms with Gasteiger partial charge in [-0.15, -0.1) is 0 Å². The number of fused-ring (bicyclic) bond motifs is 6. The van der Waals surface area contributed by atoms with E-state index in [0.29, 0.717) is 11.8 Å². The molecule has 0 nitrogen and oxygen atoms in total. The van der Waals surface area contributed by atoms with Gasteiger partial charge in [0, 0.05) is 5.41 Å². The Kier molecular flexibility index (Phi) is 6.65. The Hall–Kier alpha value is -2.86. The van der Waals surface area contributed by atoms with E-state index in [1.165, 1.54) is 50.6 Å². The highest BCUT2D eigenvalue weighted by Crippen LogP contribution is 2.62. The average molecular weight is 423 g/mol. The molecule has 0 fully saturated rings. The van der Waals surface area contributed by atoms with Crippen molar-refractivity contribution < 1.29 is 0 Å². The second-order valence-electron chi connectivity index (χ2n) is 8.93. The maximum atomic E-state index is 2.45. The average Bonchev–Trinajstić information content (AvgIpc) is 3.01. The Morgan fingerprint density at radius 1 is 0.625 bits per heavy atom. The molecule has 0 radical (unpaired) electrons. The summed E-state index contributed by atoms with van der Waals surface area (Å²) in [5.41, 5.74) is 8.68. The monoisotopic (exact) mass is 422 g/mol. The van der Waals surface area contributed by atoms with Crippen LogP contribution in [-0.2, 0) is 5.41 Å². The normalized spacial score (nSPS) is 21.5. The van der Waals surface area contributed by atoms with Crippen molar-refractivity contribution in [1.82, 2.24) is 0 Å². The summed E-state index contributed by atoms with van der Waals surface area (Å²) >= 11 is 0. The first-order chi connectivity index (χ1) is 14.7. The van der Waals surface area contributed by atoms with Crippen LogP contribution in [0.2, 0.25) is 0 Å². The first-order valence-corrected chi connectivity index (χ1v) is 11.4. The molecule has 4 aromatic carbocycles. The first kappa shape index (κ1) is 23.8. The van der Waals surface area contributed by atoms with Crippen LogP contribution in [0.15, 0.2) is 84.9 Å². The van der Waals surface area contributed by atoms with Crippen LogP contribution in [0.3, 0.4) is 0 Å². The predicted molar refractivity (Wildman–Crippen MR) is 143 cm³/mol. The van der Waals surface area contributed by atoms with E-state index in [0.717, 1.165) is 0 Å². The lowest BCUT2D eigenvalue weighted by atomic mass is 9.59. The van der Waals surface area contributed by atoms with E-state index < -0.39 is 0 Å². The fourth-order valence-electron chi connectivity index (χ4n) is 6.02. The molecule has 0 saturated heterocycles. The lowest BCUT2D eigenvalue weighted by Gasteiger charge is -2.43. The molecule has 0 saturated carbocycles. The van der Waals surface area contributed by atoms with Crippen molar-refractivity contribution in [3.05, 3.63) is 107 Å². The van der Waals surface area contributed by atoms with Gasteiger partial charge >= 0.3 is 0 Å². The maximum absolute atomic E-state index is 2.45. The third kappa shape index (κ3) is 2.96. The molecule has 32 heavy (non-hydrogen) atoms. The van der Waals surface area contributed by atoms with E-state index in [1.807, 2.05) is 0 Å². The highest BCUT2D eigenvalue weighted by atomic mass is 14.5. The summed E-state index contributed by atoms with van der Waals surface area (Å²) < 4.78 is 0. The van der Waals surface area contributed by atoms with Crippen molar-refractivity contribution in [3.8, 4) is 11.1 Å². The van der Waals surface area contributed by atoms with Crippen molar-refractivity contribution >= 4 is 10.8 Å². The van der Waals surface area contributed by atoms with Gasteiger partial charge in [-0.2, -0.15) is 0 Å². The smallest absolute Gasteiger partial charge is 0.0497 e. The molecule has 0 heteroatoms. The van der Waals surface area contributed by atoms with E-state index in [9.17, 15) is 0 Å². The number of rotatable bonds is 0. The zero-order chi connectivity index (χ0) is 20.9. The second-order valence-corrected chi connectivity index (χ2v) is 8.93. The van der Waals surface area contributed by atoms with Crippen LogP contribution in [0.5, 0.6) is 0 Å². The first-order valence-electron chi connectivity index (χ1n) is 11.4. The molecule has 3 atom stereocenters. The largest absolute Gasteiger partial charge is 0.0776 e. The van der Waals surface area contributed by atoms with Gasteiger partial charge in [-0.1, -0.05) is 134 Å². The van der Waals surface area contributed by atoms with E-state index in [2.05, 4.69) is 113 Å². The third-order valence-electron chi connectivity index (χ3n) is 7.28. The standard InChI is InChI=1S/C27H22.C3H8.2CH4/c1-17-18(2)27(23-14-5-3-11-20(17)23)24-15-6-4-12-21(24)22-13-7-9-19-10-8-16-25(27)26(19)22;1-3-2;;/h3-18H,1-2H3;3H2,1-2H3;2*1H4/t17-,18+,27?;;;/m0.../s1. The number of benzene rings is 4. The van der Waals surface area contributed by atoms with E-state index >= 15 is 0 Å². The maximum Gasteiger partial charge on any atom is 0.0497 e. The zero-order valence-electron chi connectivity index (χ0n) is 18.4. The van der Waals surface area contributed by atoms with Crippen LogP contribution in [0.1, 0.15) is 77.1 Å². The van der Waals surface area contributed by atoms with Crippen molar-refractivity contribution in [2.75, 3.05) is 0 Å². The fourth-order valence-corrected chi connectivity index (χ4v) is 6.02. The van der Waals surface area contributed by atoms with Gasteiger partial charge in [0.2, 0.25) is 0 Å². The molecule has 2 aliphatic carbocycles. The summed E-state index contributed by atoms with van der Waals surface area (Å²) in [5, 5.41) is 2.79. The Morgan fingerprint density at radius 3 is 1.88 bits per heavy atom. The van der Waals surface area contributed by atoms with Crippen LogP contribution < -0.4 is 0 Å². The topological polar surface area (TPSA) is 0 Å². The van der Waals surface area contributed by atoms with Gasteiger partial charge in [-0.3, -0.25) is 0 Å². The highest BCUT2D eigenvalue weighted by Gasteiger charge is 2.53. The van der Waals surface area contributed by atoms with Gasteiger partial charge in [-0.25, -0.2) is 0 Å². The van der Waals surface area contributed by atoms with Gasteiger partial charge in [0.25, 0.3) is 0 Å². The molecule has 4 aromatic rings. The van der Waals surface area contributed by atoms with Gasteiger partial charge in [0.05, 0.1) is 0 Å². The van der Waals surface area contributed by atoms with Gasteiger partial charge < -0.3 is 0 Å². The zero-order valence-corrected chi connectivity index (χ0v) is 18.4. The van der Waals surface area contributed by atoms with Gasteiger partial charge in [0.15, 0.2) is 0 Å². The molecule has 0 aliphatic heterocycles. The summed E-state index contributed by atoms with van der Waals surface area (Å²) in [7, 11) is 0. The molecule has 0 aromatic heterocycles. The van der Waals surface area contributed by atoms with Crippen LogP contribution in [0, 0.1) is 5.92 Å². The van der Waals surface area contributed by atoms with Gasteiger partial charge in [-0.05, 0) is 56.0 Å². The lowest BCUT2D eigenvalue weighted by molar-refractivity contribution is 0.396. The molecule has 6 rings (SSSR count). The minimum atomic E-state index is -0.0690. The van der Waals surface area contributed by atoms with Crippen molar-refractivity contribution in [3.63, 3.8) is 0 Å². The number of hydrogen-bond acceptors (Lipinski definition) is 0. The molecule has 166 valence electrons. The molecule has 0 heterocycles. The Bertz CT molecular complexity index is 1230. The molecular weight excluding hydrogens is 384 g/mol. The molecule has 1 spiro atoms. The second kappa shape index (κ2) is 8.94. The summed E-state index contributed by atoms with van der Waals surface area (Å²) in [6.45, 7) is 9.11. The lowest BCUT2D eigenvalue weighted by Crippen LogP contribution is -2.36. The van der Waals surface area contributed by atoms with Gasteiger partial charge in [0.1, 0.15) is 0 Å². The summed E-state index contributed by atoms with van der Waals surface area (Å²) in [6, 6.07) is 31.9. The van der Waals surface area contributed by atoms with E-state index in [-0.39, 0.29) is 20.3 Å². The molecule has 0 amide bonds. The van der Waals surface area contributed by atoms with Crippen molar-refractivity contribution in [1.29, 1.82) is 0 Å². The molecule has 0 bridgehead atoms. The molecular formula is C32H38. The molecule has 0 N–H and O–H groups in total. The Labute approximate surface area is 195 Å².